The second kappa shape index (κ2) is 9.20. The van der Waals surface area contributed by atoms with E-state index >= 15 is 0 Å². The van der Waals surface area contributed by atoms with Crippen LogP contribution in [-0.4, -0.2) is 5.71 Å². The first kappa shape index (κ1) is 16.1. The van der Waals surface area contributed by atoms with Crippen molar-refractivity contribution in [3.63, 3.8) is 0 Å². The average molecular weight is 397 g/mol. The summed E-state index contributed by atoms with van der Waals surface area (Å²) in [6.45, 7) is 5.88. The number of rotatable bonds is 2. The standard InChI is InChI=1S/C13H13N.C2H6.W/c1-2-3-4-8-12-10-11-7-5-6-9-13(11)14-12;1-2;/h5-7,9H,4,8,10H2,1H3;1-2H3;. The van der Waals surface area contributed by atoms with Gasteiger partial charge in [0.05, 0.1) is 5.69 Å². The Bertz CT molecular complexity index is 424. The van der Waals surface area contributed by atoms with Crippen molar-refractivity contribution in [1.82, 2.24) is 0 Å². The molecule has 1 aliphatic rings. The van der Waals surface area contributed by atoms with Crippen LogP contribution in [-0.2, 0) is 27.5 Å². The smallest absolute Gasteiger partial charge is 0.0664 e. The Balaban J connectivity index is 0.000000811. The molecule has 1 aromatic rings. The maximum atomic E-state index is 4.57. The molecule has 17 heavy (non-hydrogen) atoms. The zero-order valence-electron chi connectivity index (χ0n) is 10.8. The van der Waals surface area contributed by atoms with Crippen molar-refractivity contribution in [2.45, 2.75) is 40.0 Å². The second-order valence-corrected chi connectivity index (χ2v) is 3.41. The first-order valence-electron chi connectivity index (χ1n) is 5.94. The average Bonchev–Trinajstić information content (AvgIpc) is 2.74. The fourth-order valence-corrected chi connectivity index (χ4v) is 1.68. The van der Waals surface area contributed by atoms with Crippen molar-refractivity contribution in [3.05, 3.63) is 29.8 Å². The number of nitrogens with zero attached hydrogens (tertiary/aromatic N) is 1. The summed E-state index contributed by atoms with van der Waals surface area (Å²) >= 11 is 0. The molecule has 0 unspecified atom stereocenters. The van der Waals surface area contributed by atoms with Crippen LogP contribution >= 0.6 is 0 Å². The fraction of sp³-hybridized carbons (Fsp3) is 0.400. The minimum absolute atomic E-state index is 0. The van der Waals surface area contributed by atoms with Gasteiger partial charge in [-0.1, -0.05) is 32.0 Å². The number of hydrogen-bond donors (Lipinski definition) is 0. The molecule has 0 fully saturated rings. The van der Waals surface area contributed by atoms with E-state index in [4.69, 9.17) is 0 Å². The van der Waals surface area contributed by atoms with Gasteiger partial charge in [0.1, 0.15) is 0 Å². The molecule has 0 aromatic heterocycles. The third-order valence-electron chi connectivity index (χ3n) is 2.38. The molecule has 2 heteroatoms. The van der Waals surface area contributed by atoms with E-state index in [0.29, 0.717) is 0 Å². The Morgan fingerprint density at radius 1 is 1.24 bits per heavy atom. The van der Waals surface area contributed by atoms with Gasteiger partial charge in [0.2, 0.25) is 0 Å². The predicted molar refractivity (Wildman–Crippen MR) is 71.3 cm³/mol. The van der Waals surface area contributed by atoms with Crippen LogP contribution in [0.25, 0.3) is 0 Å². The summed E-state index contributed by atoms with van der Waals surface area (Å²) in [6.07, 6.45) is 2.96. The molecule has 1 nitrogen and oxygen atoms in total. The summed E-state index contributed by atoms with van der Waals surface area (Å²) in [5.74, 6) is 5.98. The summed E-state index contributed by atoms with van der Waals surface area (Å²) in [5.41, 5.74) is 3.77. The molecule has 0 aliphatic carbocycles. The number of aliphatic imine (C=N–C) groups is 1. The number of hydrogen-bond acceptors (Lipinski definition) is 1. The van der Waals surface area contributed by atoms with Crippen molar-refractivity contribution < 1.29 is 21.1 Å². The van der Waals surface area contributed by atoms with Gasteiger partial charge in [-0.25, -0.2) is 0 Å². The summed E-state index contributed by atoms with van der Waals surface area (Å²) in [4.78, 5) is 4.57. The van der Waals surface area contributed by atoms with Crippen molar-refractivity contribution in [2.24, 2.45) is 4.99 Å². The molecule has 0 saturated heterocycles. The minimum atomic E-state index is 0. The van der Waals surface area contributed by atoms with Crippen LogP contribution in [0.4, 0.5) is 5.69 Å². The zero-order chi connectivity index (χ0) is 11.8. The SMILES string of the molecule is CC.CC#CCCC1=Nc2ccccc2C1.[W]. The zero-order valence-corrected chi connectivity index (χ0v) is 13.7. The molecule has 0 radical (unpaired) electrons. The van der Waals surface area contributed by atoms with Gasteiger partial charge in [-0.2, -0.15) is 0 Å². The monoisotopic (exact) mass is 397 g/mol. The second-order valence-electron chi connectivity index (χ2n) is 3.41. The normalized spacial score (nSPS) is 10.9. The topological polar surface area (TPSA) is 12.4 Å². The Morgan fingerprint density at radius 3 is 2.59 bits per heavy atom. The molecule has 1 aliphatic heterocycles. The maximum absolute atomic E-state index is 4.57. The van der Waals surface area contributed by atoms with Crippen molar-refractivity contribution >= 4 is 11.4 Å². The van der Waals surface area contributed by atoms with Crippen LogP contribution < -0.4 is 0 Å². The summed E-state index contributed by atoms with van der Waals surface area (Å²) in [7, 11) is 0. The Labute approximate surface area is 119 Å². The van der Waals surface area contributed by atoms with Gasteiger partial charge in [0.15, 0.2) is 0 Å². The number of fused-ring (bicyclic) bond motifs is 1. The first-order valence-corrected chi connectivity index (χ1v) is 5.94. The van der Waals surface area contributed by atoms with Crippen LogP contribution in [0.3, 0.4) is 0 Å². The first-order chi connectivity index (χ1) is 7.90. The van der Waals surface area contributed by atoms with Crippen molar-refractivity contribution in [3.8, 4) is 11.8 Å². The van der Waals surface area contributed by atoms with Crippen molar-refractivity contribution in [1.29, 1.82) is 0 Å². The van der Waals surface area contributed by atoms with Crippen LogP contribution in [0.15, 0.2) is 29.3 Å². The van der Waals surface area contributed by atoms with Gasteiger partial charge in [-0.3, -0.25) is 4.99 Å². The molecule has 0 bridgehead atoms. The molecule has 0 N–H and O–H groups in total. The maximum Gasteiger partial charge on any atom is 0.0664 e. The molecule has 1 aromatic carbocycles. The van der Waals surface area contributed by atoms with Gasteiger partial charge in [-0.15, -0.1) is 11.8 Å². The van der Waals surface area contributed by atoms with Crippen LogP contribution in [0.1, 0.15) is 39.2 Å². The number of benzene rings is 1. The van der Waals surface area contributed by atoms with Gasteiger partial charge in [0, 0.05) is 39.6 Å². The third kappa shape index (κ3) is 4.88. The molecule has 0 spiro atoms. The third-order valence-corrected chi connectivity index (χ3v) is 2.38. The van der Waals surface area contributed by atoms with Gasteiger partial charge in [-0.05, 0) is 25.0 Å². The van der Waals surface area contributed by atoms with E-state index in [1.807, 2.05) is 26.8 Å². The largest absolute Gasteiger partial charge is 0.257 e. The van der Waals surface area contributed by atoms with Crippen molar-refractivity contribution in [2.75, 3.05) is 0 Å². The van der Waals surface area contributed by atoms with Gasteiger partial charge in [0.25, 0.3) is 0 Å². The number of para-hydroxylation sites is 1. The minimum Gasteiger partial charge on any atom is -0.257 e. The molecule has 0 saturated carbocycles. The van der Waals surface area contributed by atoms with Gasteiger partial charge >= 0.3 is 0 Å². The van der Waals surface area contributed by atoms with Crippen LogP contribution in [0.2, 0.25) is 0 Å². The van der Waals surface area contributed by atoms with E-state index in [1.54, 1.807) is 0 Å². The summed E-state index contributed by atoms with van der Waals surface area (Å²) in [5, 5.41) is 0. The molecule has 0 atom stereocenters. The molecule has 90 valence electrons. The van der Waals surface area contributed by atoms with Crippen LogP contribution in [0, 0.1) is 11.8 Å². The molecule has 0 amide bonds. The van der Waals surface area contributed by atoms with E-state index < -0.39 is 0 Å². The van der Waals surface area contributed by atoms with E-state index in [-0.39, 0.29) is 21.1 Å². The fourth-order valence-electron chi connectivity index (χ4n) is 1.68. The molecular weight excluding hydrogens is 378 g/mol. The summed E-state index contributed by atoms with van der Waals surface area (Å²) in [6, 6.07) is 8.34. The molecule has 2 rings (SSSR count). The quantitative estimate of drug-likeness (QED) is 0.666. The predicted octanol–water partition coefficient (Wildman–Crippen LogP) is 4.14. The van der Waals surface area contributed by atoms with E-state index in [0.717, 1.165) is 24.9 Å². The van der Waals surface area contributed by atoms with Gasteiger partial charge < -0.3 is 0 Å². The molecule has 1 heterocycles. The molecular formula is C15H19NW. The summed E-state index contributed by atoms with van der Waals surface area (Å²) < 4.78 is 0. The Morgan fingerprint density at radius 2 is 1.94 bits per heavy atom. The van der Waals surface area contributed by atoms with E-state index in [2.05, 4.69) is 35.0 Å². The Hall–Kier alpha value is -0.862. The van der Waals surface area contributed by atoms with Crippen LogP contribution in [0.5, 0.6) is 0 Å². The Kier molecular flexibility index (Phi) is 8.73. The van der Waals surface area contributed by atoms with E-state index in [9.17, 15) is 0 Å². The van der Waals surface area contributed by atoms with E-state index in [1.165, 1.54) is 11.3 Å².